The Hall–Kier alpha value is -0.0551. The van der Waals surface area contributed by atoms with E-state index in [1.54, 1.807) is 0 Å². The molecule has 0 amide bonds. The topological polar surface area (TPSA) is 38.7 Å². The molecule has 0 aromatic heterocycles. The Kier molecular flexibility index (Phi) is 3.56. The van der Waals surface area contributed by atoms with Gasteiger partial charge in [-0.05, 0) is 26.7 Å². The third-order valence-electron chi connectivity index (χ3n) is 1.96. The number of hydrogen-bond acceptors (Lipinski definition) is 3. The lowest BCUT2D eigenvalue weighted by atomic mass is 10.0. The van der Waals surface area contributed by atoms with Crippen molar-refractivity contribution in [2.24, 2.45) is 0 Å². The summed E-state index contributed by atoms with van der Waals surface area (Å²) in [7, 11) is 1.94. The monoisotopic (exact) mass is 172 g/mol. The highest BCUT2D eigenvalue weighted by atomic mass is 16.7. The second kappa shape index (κ2) is 4.26. The van der Waals surface area contributed by atoms with E-state index in [0.29, 0.717) is 0 Å². The molecule has 12 heavy (non-hydrogen) atoms. The fourth-order valence-electron chi connectivity index (χ4n) is 1.32. The van der Waals surface area contributed by atoms with E-state index in [2.05, 4.69) is 0 Å². The van der Waals surface area contributed by atoms with E-state index in [4.69, 9.17) is 9.47 Å². The molecule has 1 rings (SSSR count). The van der Waals surface area contributed by atoms with Crippen molar-refractivity contribution in [1.29, 1.82) is 0 Å². The first-order valence-electron chi connectivity index (χ1n) is 4.58. The molecule has 70 valence electrons. The van der Waals surface area contributed by atoms with Gasteiger partial charge in [0.1, 0.15) is 14.0 Å². The van der Waals surface area contributed by atoms with Crippen LogP contribution >= 0.6 is 0 Å². The molecule has 0 bridgehead atoms. The summed E-state index contributed by atoms with van der Waals surface area (Å²) in [5.74, 6) is 0. The summed E-state index contributed by atoms with van der Waals surface area (Å²) in [5.41, 5.74) is 0. The van der Waals surface area contributed by atoms with E-state index in [-0.39, 0.29) is 12.1 Å². The molecule has 3 nitrogen and oxygen atoms in total. The van der Waals surface area contributed by atoms with E-state index < -0.39 is 12.4 Å². The maximum Gasteiger partial charge on any atom is 0.183 e. The van der Waals surface area contributed by atoms with E-state index in [1.807, 2.05) is 21.7 Å². The molecule has 0 saturated carbocycles. The number of ether oxygens (including phenoxy) is 2. The Balaban J connectivity index is 2.38. The zero-order valence-corrected chi connectivity index (χ0v) is 7.99. The second-order valence-corrected chi connectivity index (χ2v) is 3.64. The Bertz CT molecular complexity index is 138. The lowest BCUT2D eigenvalue weighted by Crippen LogP contribution is -2.41. The Morgan fingerprint density at radius 3 is 2.83 bits per heavy atom. The smallest absolute Gasteiger partial charge is 0.183 e. The summed E-state index contributed by atoms with van der Waals surface area (Å²) < 4.78 is 10.8. The van der Waals surface area contributed by atoms with E-state index in [9.17, 15) is 5.11 Å². The molecule has 4 atom stereocenters. The van der Waals surface area contributed by atoms with Gasteiger partial charge in [-0.25, -0.2) is 0 Å². The zero-order chi connectivity index (χ0) is 9.14. The van der Waals surface area contributed by atoms with Gasteiger partial charge in [0.05, 0.1) is 6.10 Å². The van der Waals surface area contributed by atoms with E-state index in [1.165, 1.54) is 0 Å². The van der Waals surface area contributed by atoms with Gasteiger partial charge in [0.25, 0.3) is 0 Å². The molecule has 0 aromatic carbocycles. The van der Waals surface area contributed by atoms with E-state index in [0.717, 1.165) is 12.8 Å². The van der Waals surface area contributed by atoms with Gasteiger partial charge in [-0.15, -0.1) is 0 Å². The molecule has 1 heterocycles. The molecular weight excluding hydrogens is 155 g/mol. The van der Waals surface area contributed by atoms with Crippen molar-refractivity contribution in [2.45, 2.75) is 51.2 Å². The predicted molar refractivity (Wildman–Crippen MR) is 48.7 cm³/mol. The summed E-state index contributed by atoms with van der Waals surface area (Å²) in [4.78, 5) is 0. The molecule has 1 saturated heterocycles. The molecule has 0 spiro atoms. The lowest BCUT2D eigenvalue weighted by Gasteiger charge is -2.33. The third-order valence-corrected chi connectivity index (χ3v) is 1.96. The van der Waals surface area contributed by atoms with Crippen LogP contribution < -0.4 is 0 Å². The van der Waals surface area contributed by atoms with Crippen LogP contribution in [0.1, 0.15) is 26.7 Å². The normalized spacial score (nSPS) is 39.4. The van der Waals surface area contributed by atoms with Crippen LogP contribution in [0, 0.1) is 0 Å². The molecule has 1 fully saturated rings. The lowest BCUT2D eigenvalue weighted by molar-refractivity contribution is -0.240. The van der Waals surface area contributed by atoms with Crippen LogP contribution in [-0.2, 0) is 9.47 Å². The van der Waals surface area contributed by atoms with Crippen LogP contribution in [0.15, 0.2) is 0 Å². The highest BCUT2D eigenvalue weighted by molar-refractivity contribution is 6.10. The number of aliphatic hydroxyl groups is 1. The summed E-state index contributed by atoms with van der Waals surface area (Å²) in [6.07, 6.45) is 1.02. The van der Waals surface area contributed by atoms with Gasteiger partial charge in [0.15, 0.2) is 6.29 Å². The minimum absolute atomic E-state index is 0.106. The summed E-state index contributed by atoms with van der Waals surface area (Å²) in [6, 6.07) is 0.106. The van der Waals surface area contributed by atoms with Gasteiger partial charge in [-0.3, -0.25) is 0 Å². The molecule has 4 heteroatoms. The van der Waals surface area contributed by atoms with Crippen LogP contribution in [0.3, 0.4) is 0 Å². The van der Waals surface area contributed by atoms with Crippen molar-refractivity contribution >= 4 is 7.85 Å². The predicted octanol–water partition coefficient (Wildman–Crippen LogP) is -0.132. The first-order valence-corrected chi connectivity index (χ1v) is 4.58. The van der Waals surface area contributed by atoms with Crippen molar-refractivity contribution < 1.29 is 14.6 Å². The van der Waals surface area contributed by atoms with Gasteiger partial charge < -0.3 is 14.6 Å². The molecule has 0 radical (unpaired) electrons. The molecular formula is C8H17BO3. The van der Waals surface area contributed by atoms with E-state index >= 15 is 0 Å². The molecule has 0 aliphatic carbocycles. The van der Waals surface area contributed by atoms with Crippen molar-refractivity contribution in [3.8, 4) is 0 Å². The maximum absolute atomic E-state index is 9.49. The fourth-order valence-corrected chi connectivity index (χ4v) is 1.32. The number of hydrogen-bond donors (Lipinski definition) is 1. The van der Waals surface area contributed by atoms with Crippen molar-refractivity contribution in [3.05, 3.63) is 0 Å². The van der Waals surface area contributed by atoms with Crippen molar-refractivity contribution in [2.75, 3.05) is 0 Å². The SMILES string of the molecule is BC(C)OC1O[C@@H](C)CCC1O. The molecule has 1 aliphatic heterocycles. The second-order valence-electron chi connectivity index (χ2n) is 3.64. The summed E-state index contributed by atoms with van der Waals surface area (Å²) in [6.45, 7) is 3.94. The minimum atomic E-state index is -0.455. The Labute approximate surface area is 74.5 Å². The standard InChI is InChI=1S/C8H17BO3/c1-5-3-4-7(10)8(11-5)12-6(2)9/h5-8,10H,3-4,9H2,1-2H3/t5-,6?,7?,8?/m0/s1. The third kappa shape index (κ3) is 2.77. The van der Waals surface area contributed by atoms with Crippen LogP contribution in [0.25, 0.3) is 0 Å². The largest absolute Gasteiger partial charge is 0.388 e. The van der Waals surface area contributed by atoms with Crippen LogP contribution in [0.4, 0.5) is 0 Å². The first-order chi connectivity index (χ1) is 5.59. The first kappa shape index (κ1) is 10.0. The van der Waals surface area contributed by atoms with Crippen molar-refractivity contribution in [3.63, 3.8) is 0 Å². The zero-order valence-electron chi connectivity index (χ0n) is 7.99. The quantitative estimate of drug-likeness (QED) is 0.589. The summed E-state index contributed by atoms with van der Waals surface area (Å²) in [5, 5.41) is 9.49. The van der Waals surface area contributed by atoms with Crippen LogP contribution in [-0.4, -0.2) is 37.5 Å². The average Bonchev–Trinajstić information content (AvgIpc) is 1.96. The number of rotatable bonds is 2. The molecule has 0 aromatic rings. The van der Waals surface area contributed by atoms with Gasteiger partial charge in [-0.2, -0.15) is 0 Å². The Morgan fingerprint density at radius 2 is 2.25 bits per heavy atom. The molecule has 3 unspecified atom stereocenters. The maximum atomic E-state index is 9.49. The van der Waals surface area contributed by atoms with Gasteiger partial charge in [0, 0.05) is 6.00 Å². The number of aliphatic hydroxyl groups excluding tert-OH is 1. The highest BCUT2D eigenvalue weighted by Gasteiger charge is 2.28. The Morgan fingerprint density at radius 1 is 1.58 bits per heavy atom. The molecule has 1 aliphatic rings. The van der Waals surface area contributed by atoms with Crippen LogP contribution in [0.5, 0.6) is 0 Å². The van der Waals surface area contributed by atoms with Crippen LogP contribution in [0.2, 0.25) is 0 Å². The summed E-state index contributed by atoms with van der Waals surface area (Å²) >= 11 is 0. The van der Waals surface area contributed by atoms with Crippen molar-refractivity contribution in [1.82, 2.24) is 0 Å². The van der Waals surface area contributed by atoms with Gasteiger partial charge >= 0.3 is 0 Å². The van der Waals surface area contributed by atoms with Gasteiger partial charge in [-0.1, -0.05) is 0 Å². The minimum Gasteiger partial charge on any atom is -0.388 e. The highest BCUT2D eigenvalue weighted by Crippen LogP contribution is 2.20. The van der Waals surface area contributed by atoms with Gasteiger partial charge in [0.2, 0.25) is 0 Å². The molecule has 1 N–H and O–H groups in total. The average molecular weight is 172 g/mol. The fraction of sp³-hybridized carbons (Fsp3) is 1.00.